The van der Waals surface area contributed by atoms with Gasteiger partial charge in [0.05, 0.1) is 0 Å². The molecule has 1 heteroatoms. The molecule has 0 atom stereocenters. The maximum atomic E-state index is 3.31. The average molecular weight is 204 g/mol. The van der Waals surface area contributed by atoms with Crippen LogP contribution in [0.1, 0.15) is 44.1 Å². The zero-order chi connectivity index (χ0) is 9.64. The van der Waals surface area contributed by atoms with E-state index >= 15 is 0 Å². The second-order valence-corrected chi connectivity index (χ2v) is 4.80. The summed E-state index contributed by atoms with van der Waals surface area (Å²) in [4.78, 5) is 0. The first kappa shape index (κ1) is 9.80. The minimum absolute atomic E-state index is 0.884. The van der Waals surface area contributed by atoms with Gasteiger partial charge >= 0.3 is 0 Å². The predicted molar refractivity (Wildman–Crippen MR) is 62.4 cm³/mol. The van der Waals surface area contributed by atoms with E-state index in [1.165, 1.54) is 37.7 Å². The number of rotatable bonds is 1. The van der Waals surface area contributed by atoms with E-state index in [0.717, 1.165) is 12.3 Å². The van der Waals surface area contributed by atoms with Gasteiger partial charge in [0.25, 0.3) is 0 Å². The Labute approximate surface area is 90.3 Å². The Morgan fingerprint density at radius 3 is 2.86 bits per heavy atom. The summed E-state index contributed by atoms with van der Waals surface area (Å²) in [7, 11) is 0. The van der Waals surface area contributed by atoms with Gasteiger partial charge in [0.15, 0.2) is 0 Å². The van der Waals surface area contributed by atoms with Crippen molar-refractivity contribution in [1.29, 1.82) is 0 Å². The van der Waals surface area contributed by atoms with Crippen LogP contribution in [0.25, 0.3) is 0 Å². The zero-order valence-electron chi connectivity index (χ0n) is 8.46. The molecule has 14 heavy (non-hydrogen) atoms. The Bertz CT molecular complexity index is 307. The smallest absolute Gasteiger partial charge is 0.0352 e. The van der Waals surface area contributed by atoms with Crippen molar-refractivity contribution in [3.05, 3.63) is 22.4 Å². The van der Waals surface area contributed by atoms with Crippen molar-refractivity contribution in [3.63, 3.8) is 0 Å². The Balaban J connectivity index is 1.80. The van der Waals surface area contributed by atoms with Gasteiger partial charge in [-0.2, -0.15) is 11.3 Å². The molecule has 1 aliphatic carbocycles. The van der Waals surface area contributed by atoms with Crippen LogP contribution >= 0.6 is 11.3 Å². The second-order valence-electron chi connectivity index (χ2n) is 4.02. The van der Waals surface area contributed by atoms with E-state index in [0.29, 0.717) is 0 Å². The molecular weight excluding hydrogens is 188 g/mol. The minimum Gasteiger partial charge on any atom is -0.151 e. The largest absolute Gasteiger partial charge is 0.151 e. The van der Waals surface area contributed by atoms with Crippen LogP contribution in [-0.2, 0) is 0 Å². The van der Waals surface area contributed by atoms with Gasteiger partial charge in [-0.1, -0.05) is 31.1 Å². The van der Waals surface area contributed by atoms with Crippen molar-refractivity contribution in [1.82, 2.24) is 0 Å². The molecule has 74 valence electrons. The van der Waals surface area contributed by atoms with Crippen molar-refractivity contribution in [2.75, 3.05) is 0 Å². The molecule has 1 aliphatic rings. The average Bonchev–Trinajstić information content (AvgIpc) is 2.72. The van der Waals surface area contributed by atoms with Crippen molar-refractivity contribution in [2.24, 2.45) is 5.92 Å². The van der Waals surface area contributed by atoms with Crippen LogP contribution in [0.3, 0.4) is 0 Å². The topological polar surface area (TPSA) is 0 Å². The second kappa shape index (κ2) is 5.22. The predicted octanol–water partition coefficient (Wildman–Crippen LogP) is 4.07. The quantitative estimate of drug-likeness (QED) is 0.605. The number of hydrogen-bond donors (Lipinski definition) is 0. The van der Waals surface area contributed by atoms with E-state index in [4.69, 9.17) is 0 Å². The maximum absolute atomic E-state index is 3.31. The maximum Gasteiger partial charge on any atom is 0.0352 e. The summed E-state index contributed by atoms with van der Waals surface area (Å²) in [5.74, 6) is 7.43. The van der Waals surface area contributed by atoms with Gasteiger partial charge in [0, 0.05) is 17.4 Å². The molecule has 0 nitrogen and oxygen atoms in total. The molecule has 0 aromatic carbocycles. The van der Waals surface area contributed by atoms with Crippen molar-refractivity contribution < 1.29 is 0 Å². The summed E-state index contributed by atoms with van der Waals surface area (Å²) in [6, 6.07) is 2.10. The standard InChI is InChI=1S/C13H16S/c1-2-5-12(6-3-1)7-4-8-13-9-10-14-11-13/h9-12H,1-3,5-7H2. The van der Waals surface area contributed by atoms with Crippen LogP contribution in [0.2, 0.25) is 0 Å². The van der Waals surface area contributed by atoms with E-state index in [1.54, 1.807) is 11.3 Å². The van der Waals surface area contributed by atoms with E-state index in [9.17, 15) is 0 Å². The first-order valence-corrected chi connectivity index (χ1v) is 6.40. The highest BCUT2D eigenvalue weighted by Crippen LogP contribution is 2.25. The van der Waals surface area contributed by atoms with Gasteiger partial charge < -0.3 is 0 Å². The summed E-state index contributed by atoms with van der Waals surface area (Å²) >= 11 is 1.72. The van der Waals surface area contributed by atoms with E-state index < -0.39 is 0 Å². The molecule has 0 saturated heterocycles. The Hall–Kier alpha value is -0.740. The summed E-state index contributed by atoms with van der Waals surface area (Å²) in [5, 5.41) is 4.21. The van der Waals surface area contributed by atoms with E-state index in [-0.39, 0.29) is 0 Å². The van der Waals surface area contributed by atoms with Gasteiger partial charge in [-0.05, 0) is 30.2 Å². The summed E-state index contributed by atoms with van der Waals surface area (Å²) < 4.78 is 0. The molecule has 0 N–H and O–H groups in total. The lowest BCUT2D eigenvalue weighted by molar-refractivity contribution is 0.365. The van der Waals surface area contributed by atoms with E-state index in [1.807, 2.05) is 0 Å². The fraction of sp³-hybridized carbons (Fsp3) is 0.538. The highest BCUT2D eigenvalue weighted by atomic mass is 32.1. The van der Waals surface area contributed by atoms with Crippen LogP contribution < -0.4 is 0 Å². The third-order valence-electron chi connectivity index (χ3n) is 2.87. The third kappa shape index (κ3) is 2.89. The Morgan fingerprint density at radius 2 is 2.14 bits per heavy atom. The van der Waals surface area contributed by atoms with Gasteiger partial charge in [-0.25, -0.2) is 0 Å². The highest BCUT2D eigenvalue weighted by molar-refractivity contribution is 7.08. The Kier molecular flexibility index (Phi) is 3.65. The van der Waals surface area contributed by atoms with Crippen LogP contribution in [-0.4, -0.2) is 0 Å². The highest BCUT2D eigenvalue weighted by Gasteiger charge is 2.11. The van der Waals surface area contributed by atoms with Crippen molar-refractivity contribution in [3.8, 4) is 11.8 Å². The molecule has 1 saturated carbocycles. The number of thiophene rings is 1. The fourth-order valence-electron chi connectivity index (χ4n) is 2.02. The van der Waals surface area contributed by atoms with Crippen LogP contribution in [0.5, 0.6) is 0 Å². The minimum atomic E-state index is 0.884. The molecule has 0 amide bonds. The van der Waals surface area contributed by atoms with Crippen LogP contribution in [0, 0.1) is 17.8 Å². The monoisotopic (exact) mass is 204 g/mol. The molecule has 2 rings (SSSR count). The molecule has 0 unspecified atom stereocenters. The van der Waals surface area contributed by atoms with Gasteiger partial charge in [-0.15, -0.1) is 0 Å². The number of hydrogen-bond acceptors (Lipinski definition) is 1. The lowest BCUT2D eigenvalue weighted by Gasteiger charge is -2.18. The SMILES string of the molecule is C(#Cc1ccsc1)CC1CCCCC1. The molecule has 1 aromatic rings. The molecular formula is C13H16S. The molecule has 0 bridgehead atoms. The first-order valence-electron chi connectivity index (χ1n) is 5.46. The molecule has 1 aromatic heterocycles. The van der Waals surface area contributed by atoms with Crippen molar-refractivity contribution >= 4 is 11.3 Å². The lowest BCUT2D eigenvalue weighted by Crippen LogP contribution is -2.04. The van der Waals surface area contributed by atoms with Gasteiger partial charge in [-0.3, -0.25) is 0 Å². The molecule has 1 heterocycles. The molecule has 0 aliphatic heterocycles. The van der Waals surface area contributed by atoms with Crippen LogP contribution in [0.4, 0.5) is 0 Å². The summed E-state index contributed by atoms with van der Waals surface area (Å²) in [6.07, 6.45) is 8.19. The fourth-order valence-corrected chi connectivity index (χ4v) is 2.61. The molecule has 0 radical (unpaired) electrons. The zero-order valence-corrected chi connectivity index (χ0v) is 9.28. The lowest BCUT2D eigenvalue weighted by atomic mass is 9.87. The van der Waals surface area contributed by atoms with Gasteiger partial charge in [0.1, 0.15) is 0 Å². The normalized spacial score (nSPS) is 17.4. The summed E-state index contributed by atoms with van der Waals surface area (Å²) in [5.41, 5.74) is 1.19. The molecule has 0 spiro atoms. The molecule has 1 fully saturated rings. The first-order chi connectivity index (χ1) is 6.95. The van der Waals surface area contributed by atoms with Gasteiger partial charge in [0.2, 0.25) is 0 Å². The Morgan fingerprint density at radius 1 is 1.29 bits per heavy atom. The van der Waals surface area contributed by atoms with Crippen LogP contribution in [0.15, 0.2) is 16.8 Å². The third-order valence-corrected chi connectivity index (χ3v) is 3.55. The van der Waals surface area contributed by atoms with E-state index in [2.05, 4.69) is 28.7 Å². The van der Waals surface area contributed by atoms with Crippen molar-refractivity contribution in [2.45, 2.75) is 38.5 Å². The summed E-state index contributed by atoms with van der Waals surface area (Å²) in [6.45, 7) is 0.